The molecule has 7 nitrogen and oxygen atoms in total. The number of benzene rings is 1. The maximum Gasteiger partial charge on any atom is 0.253 e. The first-order chi connectivity index (χ1) is 16.2. The molecule has 0 amide bonds. The molecule has 2 aromatic heterocycles. The molecule has 0 spiro atoms. The van der Waals surface area contributed by atoms with Crippen LogP contribution in [0.25, 0.3) is 22.4 Å². The average molecular weight is 464 g/mol. The summed E-state index contributed by atoms with van der Waals surface area (Å²) in [5, 5.41) is 23.3. The summed E-state index contributed by atoms with van der Waals surface area (Å²) in [6.07, 6.45) is 5.94. The number of aromatic hydroxyl groups is 1. The molecule has 1 aromatic carbocycles. The molecule has 2 aliphatic heterocycles. The van der Waals surface area contributed by atoms with E-state index in [0.29, 0.717) is 28.4 Å². The summed E-state index contributed by atoms with van der Waals surface area (Å²) in [7, 11) is 2.08. The summed E-state index contributed by atoms with van der Waals surface area (Å²) < 4.78 is 13.8. The van der Waals surface area contributed by atoms with Crippen LogP contribution in [0.2, 0.25) is 0 Å². The largest absolute Gasteiger partial charge is 0.507 e. The third kappa shape index (κ3) is 4.07. The number of halogens is 1. The predicted molar refractivity (Wildman–Crippen MR) is 131 cm³/mol. The van der Waals surface area contributed by atoms with Crippen molar-refractivity contribution >= 4 is 5.82 Å². The minimum absolute atomic E-state index is 0.0401. The van der Waals surface area contributed by atoms with Crippen LogP contribution in [0, 0.1) is 0 Å². The van der Waals surface area contributed by atoms with Crippen molar-refractivity contribution in [3.05, 3.63) is 59.0 Å². The van der Waals surface area contributed by atoms with E-state index in [9.17, 15) is 14.3 Å². The van der Waals surface area contributed by atoms with Gasteiger partial charge in [0.1, 0.15) is 5.75 Å². The van der Waals surface area contributed by atoms with Gasteiger partial charge in [-0.2, -0.15) is 0 Å². The van der Waals surface area contributed by atoms with E-state index in [1.807, 2.05) is 12.1 Å². The molecular formula is C26H30FN5O2. The smallest absolute Gasteiger partial charge is 0.253 e. The number of anilines is 1. The maximum absolute atomic E-state index is 12.8. The van der Waals surface area contributed by atoms with Crippen LogP contribution >= 0.6 is 0 Å². The van der Waals surface area contributed by atoms with Crippen LogP contribution in [0.15, 0.2) is 53.5 Å². The molecule has 0 aliphatic carbocycles. The monoisotopic (exact) mass is 463 g/mol. The predicted octanol–water partition coefficient (Wildman–Crippen LogP) is 4.10. The molecule has 34 heavy (non-hydrogen) atoms. The van der Waals surface area contributed by atoms with Crippen molar-refractivity contribution in [2.24, 2.45) is 0 Å². The average Bonchev–Trinajstić information content (AvgIpc) is 3.05. The van der Waals surface area contributed by atoms with Crippen LogP contribution in [0.1, 0.15) is 39.5 Å². The quantitative estimate of drug-likeness (QED) is 0.593. The Balaban J connectivity index is 1.35. The maximum atomic E-state index is 12.8. The highest BCUT2D eigenvalue weighted by Gasteiger charge is 2.49. The summed E-state index contributed by atoms with van der Waals surface area (Å²) in [5.74, 6) is 0.852. The van der Waals surface area contributed by atoms with E-state index in [1.165, 1.54) is 25.1 Å². The second-order valence-corrected chi connectivity index (χ2v) is 10.3. The molecule has 2 aliphatic rings. The lowest BCUT2D eigenvalue weighted by Crippen LogP contribution is -2.58. The topological polar surface area (TPSA) is 83.3 Å². The van der Waals surface area contributed by atoms with Crippen LogP contribution < -0.4 is 15.8 Å². The minimum Gasteiger partial charge on any atom is -0.507 e. The van der Waals surface area contributed by atoms with Crippen LogP contribution in [-0.4, -0.2) is 44.0 Å². The molecule has 3 atom stereocenters. The van der Waals surface area contributed by atoms with Gasteiger partial charge in [0.2, 0.25) is 0 Å². The molecule has 2 fully saturated rings. The van der Waals surface area contributed by atoms with Gasteiger partial charge in [-0.15, -0.1) is 10.2 Å². The van der Waals surface area contributed by atoms with Crippen LogP contribution in [-0.2, 0) is 6.80 Å². The molecule has 2 N–H and O–H groups in total. The molecule has 2 bridgehead atoms. The van der Waals surface area contributed by atoms with Gasteiger partial charge in [-0.3, -0.25) is 9.36 Å². The van der Waals surface area contributed by atoms with Gasteiger partial charge in [-0.05, 0) is 81.0 Å². The van der Waals surface area contributed by atoms with Crippen molar-refractivity contribution < 1.29 is 9.50 Å². The molecular weight excluding hydrogens is 433 g/mol. The van der Waals surface area contributed by atoms with Crippen molar-refractivity contribution in [3.63, 3.8) is 0 Å². The van der Waals surface area contributed by atoms with E-state index in [0.717, 1.165) is 23.2 Å². The van der Waals surface area contributed by atoms with Gasteiger partial charge in [0, 0.05) is 42.0 Å². The van der Waals surface area contributed by atoms with Gasteiger partial charge < -0.3 is 15.3 Å². The SMILES string of the molecule is CN(c1ccc(-c2ccc(-c3ccn(CF)c(=O)c3)cc2O)nn1)[C@@H]1C[C@]2(C)CC[C@](C)(C1)N2. The van der Waals surface area contributed by atoms with Crippen LogP contribution in [0.3, 0.4) is 0 Å². The molecule has 0 saturated carbocycles. The number of hydrogen-bond donors (Lipinski definition) is 2. The first kappa shape index (κ1) is 22.5. The fraction of sp³-hybridized carbons (Fsp3) is 0.423. The zero-order valence-electron chi connectivity index (χ0n) is 19.8. The highest BCUT2D eigenvalue weighted by molar-refractivity contribution is 5.74. The Morgan fingerprint density at radius 3 is 2.38 bits per heavy atom. The molecule has 5 rings (SSSR count). The van der Waals surface area contributed by atoms with Crippen molar-refractivity contribution in [1.82, 2.24) is 20.1 Å². The second-order valence-electron chi connectivity index (χ2n) is 10.3. The van der Waals surface area contributed by atoms with E-state index in [-0.39, 0.29) is 16.8 Å². The number of pyridine rings is 1. The summed E-state index contributed by atoms with van der Waals surface area (Å²) in [6.45, 7) is 3.75. The first-order valence-electron chi connectivity index (χ1n) is 11.6. The number of alkyl halides is 1. The van der Waals surface area contributed by atoms with Gasteiger partial charge in [-0.1, -0.05) is 6.07 Å². The normalized spacial score (nSPS) is 25.9. The minimum atomic E-state index is -0.872. The molecule has 2 saturated heterocycles. The van der Waals surface area contributed by atoms with Gasteiger partial charge in [-0.25, -0.2) is 4.39 Å². The van der Waals surface area contributed by atoms with Gasteiger partial charge in [0.25, 0.3) is 5.56 Å². The fourth-order valence-electron chi connectivity index (χ4n) is 5.66. The number of fused-ring (bicyclic) bond motifs is 2. The molecule has 178 valence electrons. The zero-order chi connectivity index (χ0) is 24.1. The number of rotatable bonds is 5. The number of hydrogen-bond acceptors (Lipinski definition) is 6. The van der Waals surface area contributed by atoms with E-state index in [2.05, 4.69) is 41.3 Å². The number of phenols is 1. The molecule has 0 radical (unpaired) electrons. The summed E-state index contributed by atoms with van der Waals surface area (Å²) >= 11 is 0. The molecule has 4 heterocycles. The van der Waals surface area contributed by atoms with Crippen molar-refractivity contribution in [2.75, 3.05) is 11.9 Å². The number of phenolic OH excluding ortho intramolecular Hbond substituents is 1. The number of aromatic nitrogens is 3. The van der Waals surface area contributed by atoms with Crippen molar-refractivity contribution in [3.8, 4) is 28.1 Å². The zero-order valence-corrected chi connectivity index (χ0v) is 19.8. The van der Waals surface area contributed by atoms with E-state index >= 15 is 0 Å². The van der Waals surface area contributed by atoms with Crippen LogP contribution in [0.4, 0.5) is 10.2 Å². The Kier molecular flexibility index (Phi) is 5.43. The van der Waals surface area contributed by atoms with Gasteiger partial charge in [0.05, 0.1) is 5.69 Å². The fourth-order valence-corrected chi connectivity index (χ4v) is 5.66. The Hall–Kier alpha value is -3.26. The summed E-state index contributed by atoms with van der Waals surface area (Å²) in [5.41, 5.74) is 2.31. The molecule has 0 unspecified atom stereocenters. The highest BCUT2D eigenvalue weighted by Crippen LogP contribution is 2.43. The third-order valence-corrected chi connectivity index (χ3v) is 7.50. The van der Waals surface area contributed by atoms with Crippen LogP contribution in [0.5, 0.6) is 5.75 Å². The van der Waals surface area contributed by atoms with Crippen molar-refractivity contribution in [2.45, 2.75) is 63.4 Å². The highest BCUT2D eigenvalue weighted by atomic mass is 19.1. The summed E-state index contributed by atoms with van der Waals surface area (Å²) in [4.78, 5) is 14.2. The number of nitrogens with one attached hydrogen (secondary N) is 1. The Morgan fingerprint density at radius 1 is 1.09 bits per heavy atom. The summed E-state index contributed by atoms with van der Waals surface area (Å²) in [6, 6.07) is 12.3. The first-order valence-corrected chi connectivity index (χ1v) is 11.6. The lowest BCUT2D eigenvalue weighted by molar-refractivity contribution is 0.207. The lowest BCUT2D eigenvalue weighted by atomic mass is 9.84. The van der Waals surface area contributed by atoms with E-state index in [4.69, 9.17) is 0 Å². The Labute approximate surface area is 198 Å². The standard InChI is InChI=1S/C26H30FN5O2/c1-25-9-10-26(2,30-25)15-19(14-25)31(3)23-7-6-21(28-29-23)20-5-4-17(12-22(20)33)18-8-11-32(16-27)24(34)13-18/h4-8,11-13,19,30,33H,9-10,14-16H2,1-3H3/t19-,25+,26-. The number of nitrogens with zero attached hydrogens (tertiary/aromatic N) is 4. The van der Waals surface area contributed by atoms with Gasteiger partial charge in [0.15, 0.2) is 12.6 Å². The lowest BCUT2D eigenvalue weighted by Gasteiger charge is -2.45. The van der Waals surface area contributed by atoms with E-state index < -0.39 is 12.4 Å². The second kappa shape index (κ2) is 8.20. The van der Waals surface area contributed by atoms with Gasteiger partial charge >= 0.3 is 0 Å². The molecule has 8 heteroatoms. The van der Waals surface area contributed by atoms with E-state index in [1.54, 1.807) is 24.3 Å². The van der Waals surface area contributed by atoms with Crippen molar-refractivity contribution in [1.29, 1.82) is 0 Å². The Bertz CT molecular complexity index is 1260. The Morgan fingerprint density at radius 2 is 1.79 bits per heavy atom. The molecule has 3 aromatic rings. The third-order valence-electron chi connectivity index (χ3n) is 7.50. The number of piperidine rings is 1.